The molecule has 0 radical (unpaired) electrons. The summed E-state index contributed by atoms with van der Waals surface area (Å²) in [6.07, 6.45) is 0.328. The third-order valence-electron chi connectivity index (χ3n) is 2.86. The number of hydrogen-bond acceptors (Lipinski definition) is 4. The first-order valence-electron chi connectivity index (χ1n) is 5.42. The molecular formula is C12H7F2NO4. The predicted octanol–water partition coefficient (Wildman–Crippen LogP) is 2.25. The highest BCUT2D eigenvalue weighted by Gasteiger charge is 2.27. The fraction of sp³-hybridized carbons (Fsp3) is 0.167. The number of benzene rings is 1. The van der Waals surface area contributed by atoms with Crippen molar-refractivity contribution in [2.45, 2.75) is 6.42 Å². The Bertz CT molecular complexity index is 681. The number of fused-ring (bicyclic) bond motifs is 1. The van der Waals surface area contributed by atoms with E-state index in [4.69, 9.17) is 9.84 Å². The van der Waals surface area contributed by atoms with Crippen molar-refractivity contribution in [3.8, 4) is 17.0 Å². The summed E-state index contributed by atoms with van der Waals surface area (Å²) < 4.78 is 37.0. The van der Waals surface area contributed by atoms with Gasteiger partial charge in [0.1, 0.15) is 11.5 Å². The van der Waals surface area contributed by atoms with E-state index < -0.39 is 23.4 Å². The summed E-state index contributed by atoms with van der Waals surface area (Å²) in [5, 5.41) is 12.2. The van der Waals surface area contributed by atoms with Crippen LogP contribution in [-0.4, -0.2) is 22.8 Å². The van der Waals surface area contributed by atoms with Gasteiger partial charge in [-0.3, -0.25) is 0 Å². The molecule has 1 N–H and O–H groups in total. The molecule has 1 aliphatic heterocycles. The summed E-state index contributed by atoms with van der Waals surface area (Å²) in [5.74, 6) is -3.35. The monoisotopic (exact) mass is 267 g/mol. The van der Waals surface area contributed by atoms with Crippen LogP contribution in [0.15, 0.2) is 16.7 Å². The van der Waals surface area contributed by atoms with Crippen LogP contribution < -0.4 is 4.74 Å². The third-order valence-corrected chi connectivity index (χ3v) is 2.86. The van der Waals surface area contributed by atoms with Gasteiger partial charge in [0, 0.05) is 29.7 Å². The predicted molar refractivity (Wildman–Crippen MR) is 58.0 cm³/mol. The molecule has 2 heterocycles. The van der Waals surface area contributed by atoms with E-state index in [1.807, 2.05) is 0 Å². The molecule has 0 bridgehead atoms. The number of ether oxygens (including phenoxy) is 1. The lowest BCUT2D eigenvalue weighted by atomic mass is 10.0. The molecule has 1 aromatic carbocycles. The summed E-state index contributed by atoms with van der Waals surface area (Å²) in [6, 6.07) is 1.78. The van der Waals surface area contributed by atoms with Crippen LogP contribution in [-0.2, 0) is 6.42 Å². The molecule has 2 aromatic rings. The summed E-state index contributed by atoms with van der Waals surface area (Å²) in [4.78, 5) is 10.7. The number of carbonyl (C=O) groups is 1. The van der Waals surface area contributed by atoms with E-state index in [1.165, 1.54) is 0 Å². The molecule has 19 heavy (non-hydrogen) atoms. The van der Waals surface area contributed by atoms with Gasteiger partial charge in [0.15, 0.2) is 11.6 Å². The highest BCUT2D eigenvalue weighted by atomic mass is 19.1. The maximum Gasteiger partial charge on any atom is 0.374 e. The molecule has 1 aromatic heterocycles. The van der Waals surface area contributed by atoms with Gasteiger partial charge in [-0.25, -0.2) is 13.6 Å². The van der Waals surface area contributed by atoms with E-state index in [2.05, 4.69) is 9.68 Å². The summed E-state index contributed by atoms with van der Waals surface area (Å²) >= 11 is 0. The van der Waals surface area contributed by atoms with Crippen molar-refractivity contribution in [1.29, 1.82) is 0 Å². The first kappa shape index (κ1) is 11.6. The van der Waals surface area contributed by atoms with E-state index >= 15 is 0 Å². The number of rotatable bonds is 2. The van der Waals surface area contributed by atoms with Crippen molar-refractivity contribution >= 4 is 5.97 Å². The largest absolute Gasteiger partial charge is 0.490 e. The Labute approximate surface area is 105 Å². The number of carboxylic acid groups (broad SMARTS) is 1. The van der Waals surface area contributed by atoms with Crippen molar-refractivity contribution in [3.05, 3.63) is 35.1 Å². The molecule has 0 atom stereocenters. The van der Waals surface area contributed by atoms with Gasteiger partial charge >= 0.3 is 5.97 Å². The van der Waals surface area contributed by atoms with E-state index in [9.17, 15) is 13.6 Å². The second-order valence-electron chi connectivity index (χ2n) is 4.00. The summed E-state index contributed by atoms with van der Waals surface area (Å²) in [6.45, 7) is 0.242. The molecule has 98 valence electrons. The molecule has 0 spiro atoms. The average Bonchev–Trinajstić information content (AvgIpc) is 2.97. The number of hydrogen-bond donors (Lipinski definition) is 1. The highest BCUT2D eigenvalue weighted by molar-refractivity contribution is 5.86. The van der Waals surface area contributed by atoms with Gasteiger partial charge in [0.05, 0.1) is 6.61 Å². The third kappa shape index (κ3) is 1.74. The smallest absolute Gasteiger partial charge is 0.374 e. The van der Waals surface area contributed by atoms with Gasteiger partial charge in [-0.05, 0) is 0 Å². The zero-order valence-corrected chi connectivity index (χ0v) is 9.44. The van der Waals surface area contributed by atoms with Crippen molar-refractivity contribution in [1.82, 2.24) is 5.16 Å². The van der Waals surface area contributed by atoms with Crippen LogP contribution in [0, 0.1) is 11.6 Å². The molecule has 0 saturated heterocycles. The fourth-order valence-electron chi connectivity index (χ4n) is 2.07. The molecule has 5 nitrogen and oxygen atoms in total. The first-order valence-corrected chi connectivity index (χ1v) is 5.42. The lowest BCUT2D eigenvalue weighted by Crippen LogP contribution is -1.94. The zero-order chi connectivity index (χ0) is 13.6. The van der Waals surface area contributed by atoms with Crippen LogP contribution in [0.25, 0.3) is 11.3 Å². The highest BCUT2D eigenvalue weighted by Crippen LogP contribution is 2.38. The standard InChI is InChI=1S/C12H7F2NO4/c13-6-3-7(14)11-5(1-2-18-11)10(6)8-4-9(12(16)17)19-15-8/h3-4H,1-2H2,(H,16,17). The minimum Gasteiger partial charge on any atom is -0.490 e. The molecule has 0 aliphatic carbocycles. The maximum atomic E-state index is 13.9. The van der Waals surface area contributed by atoms with Crippen LogP contribution in [0.1, 0.15) is 16.1 Å². The maximum absolute atomic E-state index is 13.9. The Kier molecular flexibility index (Phi) is 2.48. The van der Waals surface area contributed by atoms with Gasteiger partial charge in [0.25, 0.3) is 0 Å². The van der Waals surface area contributed by atoms with Gasteiger partial charge < -0.3 is 14.4 Å². The van der Waals surface area contributed by atoms with E-state index in [-0.39, 0.29) is 23.6 Å². The van der Waals surface area contributed by atoms with Crippen molar-refractivity contribution in [3.63, 3.8) is 0 Å². The van der Waals surface area contributed by atoms with E-state index in [1.54, 1.807) is 0 Å². The second kappa shape index (κ2) is 4.04. The van der Waals surface area contributed by atoms with Gasteiger partial charge in [-0.2, -0.15) is 0 Å². The van der Waals surface area contributed by atoms with Gasteiger partial charge in [-0.15, -0.1) is 0 Å². The number of halogens is 2. The molecule has 0 saturated carbocycles. The van der Waals surface area contributed by atoms with E-state index in [0.717, 1.165) is 6.07 Å². The summed E-state index contributed by atoms with van der Waals surface area (Å²) in [5.41, 5.74) is 0.365. The fourth-order valence-corrected chi connectivity index (χ4v) is 2.07. The average molecular weight is 267 g/mol. The van der Waals surface area contributed by atoms with Gasteiger partial charge in [0.2, 0.25) is 5.76 Å². The Hall–Kier alpha value is -2.44. The Balaban J connectivity index is 2.19. The second-order valence-corrected chi connectivity index (χ2v) is 4.00. The van der Waals surface area contributed by atoms with Crippen molar-refractivity contribution < 1.29 is 27.9 Å². The lowest BCUT2D eigenvalue weighted by Gasteiger charge is -2.06. The van der Waals surface area contributed by atoms with Crippen LogP contribution in [0.3, 0.4) is 0 Å². The molecule has 1 aliphatic rings. The summed E-state index contributed by atoms with van der Waals surface area (Å²) in [7, 11) is 0. The Morgan fingerprint density at radius 3 is 2.79 bits per heavy atom. The quantitative estimate of drug-likeness (QED) is 0.903. The van der Waals surface area contributed by atoms with Crippen LogP contribution in [0.4, 0.5) is 8.78 Å². The van der Waals surface area contributed by atoms with Crippen molar-refractivity contribution in [2.24, 2.45) is 0 Å². The minimum absolute atomic E-state index is 0.0108. The topological polar surface area (TPSA) is 72.6 Å². The number of aromatic carboxylic acids is 1. The van der Waals surface area contributed by atoms with Gasteiger partial charge in [-0.1, -0.05) is 5.16 Å². The zero-order valence-electron chi connectivity index (χ0n) is 9.44. The lowest BCUT2D eigenvalue weighted by molar-refractivity contribution is 0.0652. The molecule has 3 rings (SSSR count). The molecule has 7 heteroatoms. The Morgan fingerprint density at radius 1 is 1.32 bits per heavy atom. The number of nitrogens with zero attached hydrogens (tertiary/aromatic N) is 1. The SMILES string of the molecule is O=C(O)c1cc(-c2c(F)cc(F)c3c2CCO3)no1. The molecule has 0 unspecified atom stereocenters. The molecular weight excluding hydrogens is 260 g/mol. The van der Waals surface area contributed by atoms with Crippen LogP contribution in [0.2, 0.25) is 0 Å². The van der Waals surface area contributed by atoms with Crippen LogP contribution >= 0.6 is 0 Å². The van der Waals surface area contributed by atoms with E-state index in [0.29, 0.717) is 18.1 Å². The minimum atomic E-state index is -1.31. The number of carboxylic acids is 1. The van der Waals surface area contributed by atoms with Crippen molar-refractivity contribution in [2.75, 3.05) is 6.61 Å². The molecule has 0 amide bonds. The normalized spacial score (nSPS) is 13.2. The molecule has 0 fully saturated rings. The first-order chi connectivity index (χ1) is 9.08. The Morgan fingerprint density at radius 2 is 2.11 bits per heavy atom. The number of aromatic nitrogens is 1. The van der Waals surface area contributed by atoms with Crippen LogP contribution in [0.5, 0.6) is 5.75 Å².